The van der Waals surface area contributed by atoms with E-state index in [0.29, 0.717) is 11.7 Å². The molecule has 0 aromatic carbocycles. The predicted octanol–water partition coefficient (Wildman–Crippen LogP) is 0.992. The molecule has 1 aliphatic rings. The largest absolute Gasteiger partial charge is 0.342 e. The van der Waals surface area contributed by atoms with Gasteiger partial charge in [0.2, 0.25) is 5.91 Å². The van der Waals surface area contributed by atoms with Crippen LogP contribution in [0.1, 0.15) is 33.1 Å². The first-order chi connectivity index (χ1) is 8.58. The number of likely N-dealkylation sites (tertiary alicyclic amines) is 1. The lowest BCUT2D eigenvalue weighted by Crippen LogP contribution is -2.39. The molecule has 0 aliphatic carbocycles. The van der Waals surface area contributed by atoms with Crippen LogP contribution in [0.25, 0.3) is 0 Å². The van der Waals surface area contributed by atoms with Crippen LogP contribution < -0.4 is 5.32 Å². The Morgan fingerprint density at radius 2 is 2.00 bits per heavy atom. The van der Waals surface area contributed by atoms with Crippen molar-refractivity contribution in [1.82, 2.24) is 10.2 Å². The second-order valence-electron chi connectivity index (χ2n) is 5.12. The maximum atomic E-state index is 12.0. The molecule has 0 bridgehead atoms. The number of nitrogens with one attached hydrogen (secondary N) is 1. The molecule has 3 atom stereocenters. The summed E-state index contributed by atoms with van der Waals surface area (Å²) < 4.78 is 12.0. The van der Waals surface area contributed by atoms with Gasteiger partial charge in [0, 0.05) is 35.7 Å². The fourth-order valence-corrected chi connectivity index (χ4v) is 3.74. The first-order valence-electron chi connectivity index (χ1n) is 6.88. The van der Waals surface area contributed by atoms with Gasteiger partial charge < -0.3 is 10.2 Å². The average Bonchev–Trinajstić information content (AvgIpc) is 2.88. The van der Waals surface area contributed by atoms with Gasteiger partial charge >= 0.3 is 0 Å². The van der Waals surface area contributed by atoms with Crippen molar-refractivity contribution >= 4 is 16.7 Å². The van der Waals surface area contributed by atoms with Crippen LogP contribution in [-0.4, -0.2) is 52.7 Å². The quantitative estimate of drug-likeness (QED) is 0.753. The Hall–Kier alpha value is -0.420. The Bertz CT molecular complexity index is 291. The van der Waals surface area contributed by atoms with Crippen molar-refractivity contribution in [3.05, 3.63) is 0 Å². The number of rotatable bonds is 7. The standard InChI is InChI=1S/C13H26N2O2S/c1-4-11(2)12(14-3)9-18(17)10-13(16)15-7-5-6-8-15/h11-12,14H,4-10H2,1-3H3. The van der Waals surface area contributed by atoms with Crippen LogP contribution in [0.3, 0.4) is 0 Å². The van der Waals surface area contributed by atoms with Gasteiger partial charge in [-0.05, 0) is 25.8 Å². The van der Waals surface area contributed by atoms with E-state index in [0.717, 1.165) is 32.4 Å². The Labute approximate surface area is 113 Å². The number of hydrogen-bond donors (Lipinski definition) is 1. The molecule has 1 rings (SSSR count). The number of amides is 1. The van der Waals surface area contributed by atoms with Gasteiger partial charge in [-0.15, -0.1) is 0 Å². The lowest BCUT2D eigenvalue weighted by atomic mass is 10.0. The summed E-state index contributed by atoms with van der Waals surface area (Å²) in [7, 11) is 0.847. The van der Waals surface area contributed by atoms with Crippen molar-refractivity contribution < 1.29 is 9.00 Å². The van der Waals surface area contributed by atoms with E-state index in [4.69, 9.17) is 0 Å². The Balaban J connectivity index is 2.37. The summed E-state index contributed by atoms with van der Waals surface area (Å²) in [6.45, 7) is 5.97. The first-order valence-corrected chi connectivity index (χ1v) is 8.37. The summed E-state index contributed by atoms with van der Waals surface area (Å²) >= 11 is 0. The highest BCUT2D eigenvalue weighted by Crippen LogP contribution is 2.11. The maximum absolute atomic E-state index is 12.0. The molecule has 1 saturated heterocycles. The Morgan fingerprint density at radius 1 is 1.39 bits per heavy atom. The second kappa shape index (κ2) is 7.89. The first kappa shape index (κ1) is 15.6. The van der Waals surface area contributed by atoms with E-state index in [1.807, 2.05) is 11.9 Å². The molecule has 5 heteroatoms. The van der Waals surface area contributed by atoms with Gasteiger partial charge in [-0.3, -0.25) is 9.00 Å². The molecule has 0 saturated carbocycles. The molecule has 4 nitrogen and oxygen atoms in total. The third-order valence-corrected chi connectivity index (χ3v) is 5.11. The summed E-state index contributed by atoms with van der Waals surface area (Å²) in [6, 6.07) is 0.238. The minimum Gasteiger partial charge on any atom is -0.342 e. The molecule has 1 aliphatic heterocycles. The van der Waals surface area contributed by atoms with E-state index in [1.165, 1.54) is 0 Å². The van der Waals surface area contributed by atoms with Crippen LogP contribution in [0.2, 0.25) is 0 Å². The van der Waals surface area contributed by atoms with Crippen molar-refractivity contribution in [3.63, 3.8) is 0 Å². The van der Waals surface area contributed by atoms with E-state index in [2.05, 4.69) is 19.2 Å². The highest BCUT2D eigenvalue weighted by molar-refractivity contribution is 7.85. The van der Waals surface area contributed by atoms with Crippen LogP contribution in [0, 0.1) is 5.92 Å². The molecular weight excluding hydrogens is 248 g/mol. The Morgan fingerprint density at radius 3 is 2.50 bits per heavy atom. The molecule has 1 N–H and O–H groups in total. The normalized spacial score (nSPS) is 20.7. The lowest BCUT2D eigenvalue weighted by Gasteiger charge is -2.22. The summed E-state index contributed by atoms with van der Waals surface area (Å²) in [5, 5.41) is 3.21. The van der Waals surface area contributed by atoms with E-state index in [1.54, 1.807) is 0 Å². The van der Waals surface area contributed by atoms with Crippen molar-refractivity contribution in [2.24, 2.45) is 5.92 Å². The van der Waals surface area contributed by atoms with Crippen molar-refractivity contribution in [2.75, 3.05) is 31.6 Å². The van der Waals surface area contributed by atoms with Gasteiger partial charge in [0.05, 0.1) is 0 Å². The monoisotopic (exact) mass is 274 g/mol. The molecule has 1 fully saturated rings. The van der Waals surface area contributed by atoms with E-state index in [9.17, 15) is 9.00 Å². The number of hydrogen-bond acceptors (Lipinski definition) is 3. The van der Waals surface area contributed by atoms with E-state index >= 15 is 0 Å². The third-order valence-electron chi connectivity index (χ3n) is 3.81. The van der Waals surface area contributed by atoms with Gasteiger partial charge in [-0.1, -0.05) is 20.3 Å². The molecular formula is C13H26N2O2S. The number of carbonyl (C=O) groups is 1. The van der Waals surface area contributed by atoms with Crippen molar-refractivity contribution in [3.8, 4) is 0 Å². The van der Waals surface area contributed by atoms with Crippen molar-refractivity contribution in [2.45, 2.75) is 39.2 Å². The molecule has 1 amide bonds. The summed E-state index contributed by atoms with van der Waals surface area (Å²) in [4.78, 5) is 13.7. The van der Waals surface area contributed by atoms with Crippen LogP contribution in [-0.2, 0) is 15.6 Å². The molecule has 106 valence electrons. The molecule has 3 unspecified atom stereocenters. The smallest absolute Gasteiger partial charge is 0.235 e. The topological polar surface area (TPSA) is 49.4 Å². The average molecular weight is 274 g/mol. The number of carbonyl (C=O) groups excluding carboxylic acids is 1. The minimum absolute atomic E-state index is 0.0600. The van der Waals surface area contributed by atoms with Crippen LogP contribution in [0.4, 0.5) is 0 Å². The van der Waals surface area contributed by atoms with Gasteiger partial charge in [-0.2, -0.15) is 0 Å². The highest BCUT2D eigenvalue weighted by Gasteiger charge is 2.22. The fourth-order valence-electron chi connectivity index (χ4n) is 2.27. The SMILES string of the molecule is CCC(C)C(CS(=O)CC(=O)N1CCCC1)NC. The summed E-state index contributed by atoms with van der Waals surface area (Å²) in [5.41, 5.74) is 0. The van der Waals surface area contributed by atoms with E-state index in [-0.39, 0.29) is 17.7 Å². The zero-order valence-corrected chi connectivity index (χ0v) is 12.6. The predicted molar refractivity (Wildman–Crippen MR) is 76.0 cm³/mol. The van der Waals surface area contributed by atoms with Gasteiger partial charge in [0.15, 0.2) is 0 Å². The molecule has 0 aromatic rings. The molecule has 18 heavy (non-hydrogen) atoms. The van der Waals surface area contributed by atoms with E-state index < -0.39 is 10.8 Å². The van der Waals surface area contributed by atoms with Crippen molar-refractivity contribution in [1.29, 1.82) is 0 Å². The van der Waals surface area contributed by atoms with Crippen LogP contribution in [0.5, 0.6) is 0 Å². The lowest BCUT2D eigenvalue weighted by molar-refractivity contribution is -0.127. The zero-order chi connectivity index (χ0) is 13.5. The Kier molecular flexibility index (Phi) is 6.86. The molecule has 1 heterocycles. The zero-order valence-electron chi connectivity index (χ0n) is 11.8. The maximum Gasteiger partial charge on any atom is 0.235 e. The molecule has 0 spiro atoms. The van der Waals surface area contributed by atoms with Crippen LogP contribution >= 0.6 is 0 Å². The van der Waals surface area contributed by atoms with Crippen LogP contribution in [0.15, 0.2) is 0 Å². The minimum atomic E-state index is -1.05. The fraction of sp³-hybridized carbons (Fsp3) is 0.923. The highest BCUT2D eigenvalue weighted by atomic mass is 32.2. The summed E-state index contributed by atoms with van der Waals surface area (Å²) in [5.74, 6) is 1.31. The van der Waals surface area contributed by atoms with Gasteiger partial charge in [0.25, 0.3) is 0 Å². The second-order valence-corrected chi connectivity index (χ2v) is 6.62. The third kappa shape index (κ3) is 4.69. The molecule has 0 radical (unpaired) electrons. The molecule has 0 aromatic heterocycles. The summed E-state index contributed by atoms with van der Waals surface area (Å²) in [6.07, 6.45) is 3.23. The van der Waals surface area contributed by atoms with Gasteiger partial charge in [0.1, 0.15) is 5.75 Å². The van der Waals surface area contributed by atoms with Gasteiger partial charge in [-0.25, -0.2) is 0 Å². The number of nitrogens with zero attached hydrogens (tertiary/aromatic N) is 1.